The molecule has 0 spiro atoms. The summed E-state index contributed by atoms with van der Waals surface area (Å²) in [6.45, 7) is 0. The first-order valence-electron chi connectivity index (χ1n) is 6.01. The summed E-state index contributed by atoms with van der Waals surface area (Å²) in [5, 5.41) is 3.86. The van der Waals surface area contributed by atoms with E-state index in [1.165, 1.54) is 5.56 Å². The molecule has 0 saturated heterocycles. The number of amides is 1. The Kier molecular flexibility index (Phi) is 6.04. The zero-order valence-corrected chi connectivity index (χ0v) is 15.8. The molecule has 2 nitrogen and oxygen atoms in total. The van der Waals surface area contributed by atoms with Crippen LogP contribution in [0, 0.1) is 3.57 Å². The highest BCUT2D eigenvalue weighted by molar-refractivity contribution is 14.1. The van der Waals surface area contributed by atoms with Crippen molar-refractivity contribution >= 4 is 66.0 Å². The van der Waals surface area contributed by atoms with Crippen molar-refractivity contribution in [2.75, 3.05) is 10.6 Å². The van der Waals surface area contributed by atoms with Gasteiger partial charge >= 0.3 is 0 Å². The van der Waals surface area contributed by atoms with Gasteiger partial charge in [-0.25, -0.2) is 0 Å². The number of carbonyl (C=O) groups excluding carboxylic acids is 1. The van der Waals surface area contributed by atoms with E-state index in [1.807, 2.05) is 42.5 Å². The molecule has 2 rings (SSSR count). The van der Waals surface area contributed by atoms with Crippen LogP contribution in [0.25, 0.3) is 0 Å². The van der Waals surface area contributed by atoms with Gasteiger partial charge in [0, 0.05) is 19.1 Å². The molecule has 2 aromatic rings. The van der Waals surface area contributed by atoms with Crippen molar-refractivity contribution in [3.05, 3.63) is 61.6 Å². The molecule has 0 aliphatic heterocycles. The maximum Gasteiger partial charge on any atom is 0.256 e. The Labute approximate surface area is 148 Å². The number of halogens is 3. The predicted octanol–water partition coefficient (Wildman–Crippen LogP) is 5.24. The van der Waals surface area contributed by atoms with Crippen molar-refractivity contribution in [2.24, 2.45) is 0 Å². The van der Waals surface area contributed by atoms with E-state index in [0.29, 0.717) is 5.56 Å². The van der Waals surface area contributed by atoms with Crippen LogP contribution in [0.4, 0.5) is 5.69 Å². The average Bonchev–Trinajstić information content (AvgIpc) is 2.44. The number of hydrogen-bond acceptors (Lipinski definition) is 1. The maximum atomic E-state index is 12.3. The molecule has 0 fully saturated rings. The molecule has 0 atom stereocenters. The molecule has 0 unspecified atom stereocenters. The van der Waals surface area contributed by atoms with Gasteiger partial charge in [-0.05, 0) is 64.9 Å². The molecule has 0 aliphatic carbocycles. The van der Waals surface area contributed by atoms with Gasteiger partial charge in [0.05, 0.1) is 5.56 Å². The van der Waals surface area contributed by atoms with Crippen molar-refractivity contribution in [1.82, 2.24) is 0 Å². The van der Waals surface area contributed by atoms with Crippen molar-refractivity contribution in [3.8, 4) is 0 Å². The molecule has 104 valence electrons. The van der Waals surface area contributed by atoms with Gasteiger partial charge in [0.2, 0.25) is 0 Å². The SMILES string of the molecule is O=C(Nc1ccc(CCBr)cc1)c1cc(Br)ccc1I. The van der Waals surface area contributed by atoms with E-state index < -0.39 is 0 Å². The molecule has 0 saturated carbocycles. The summed E-state index contributed by atoms with van der Waals surface area (Å²) in [6.07, 6.45) is 0.984. The number of alkyl halides is 1. The summed E-state index contributed by atoms with van der Waals surface area (Å²) in [4.78, 5) is 12.3. The molecule has 0 bridgehead atoms. The first kappa shape index (κ1) is 16.0. The molecular weight excluding hydrogens is 497 g/mol. The van der Waals surface area contributed by atoms with Crippen molar-refractivity contribution in [2.45, 2.75) is 6.42 Å². The third kappa shape index (κ3) is 4.30. The second-order valence-electron chi connectivity index (χ2n) is 4.21. The summed E-state index contributed by atoms with van der Waals surface area (Å²) in [5.74, 6) is -0.0936. The van der Waals surface area contributed by atoms with Gasteiger partial charge in [0.25, 0.3) is 5.91 Å². The predicted molar refractivity (Wildman–Crippen MR) is 98.8 cm³/mol. The van der Waals surface area contributed by atoms with Crippen LogP contribution < -0.4 is 5.32 Å². The van der Waals surface area contributed by atoms with E-state index in [2.05, 4.69) is 59.8 Å². The Bertz CT molecular complexity index is 614. The number of nitrogens with one attached hydrogen (secondary N) is 1. The smallest absolute Gasteiger partial charge is 0.256 e. The average molecular weight is 509 g/mol. The topological polar surface area (TPSA) is 29.1 Å². The first-order chi connectivity index (χ1) is 9.60. The van der Waals surface area contributed by atoms with Crippen LogP contribution in [-0.2, 0) is 6.42 Å². The van der Waals surface area contributed by atoms with Crippen LogP contribution in [0.5, 0.6) is 0 Å². The normalized spacial score (nSPS) is 10.3. The molecule has 5 heteroatoms. The van der Waals surface area contributed by atoms with Crippen LogP contribution in [0.1, 0.15) is 15.9 Å². The molecule has 1 N–H and O–H groups in total. The monoisotopic (exact) mass is 507 g/mol. The van der Waals surface area contributed by atoms with E-state index >= 15 is 0 Å². The fourth-order valence-electron chi connectivity index (χ4n) is 1.73. The Morgan fingerprint density at radius 2 is 1.85 bits per heavy atom. The maximum absolute atomic E-state index is 12.3. The van der Waals surface area contributed by atoms with E-state index in [0.717, 1.165) is 25.5 Å². The summed E-state index contributed by atoms with van der Waals surface area (Å²) >= 11 is 8.97. The Morgan fingerprint density at radius 3 is 2.50 bits per heavy atom. The quantitative estimate of drug-likeness (QED) is 0.444. The van der Waals surface area contributed by atoms with Gasteiger partial charge in [0.1, 0.15) is 0 Å². The number of hydrogen-bond donors (Lipinski definition) is 1. The standard InChI is InChI=1S/C15H12Br2INO/c16-8-7-10-1-4-12(5-2-10)19-15(20)13-9-11(17)3-6-14(13)18/h1-6,9H,7-8H2,(H,19,20). The van der Waals surface area contributed by atoms with E-state index in [-0.39, 0.29) is 5.91 Å². The van der Waals surface area contributed by atoms with Crippen LogP contribution in [-0.4, -0.2) is 11.2 Å². The van der Waals surface area contributed by atoms with Crippen LogP contribution >= 0.6 is 54.5 Å². The van der Waals surface area contributed by atoms with Crippen molar-refractivity contribution in [3.63, 3.8) is 0 Å². The summed E-state index contributed by atoms with van der Waals surface area (Å²) < 4.78 is 1.83. The minimum atomic E-state index is -0.0936. The molecule has 0 aliphatic rings. The third-order valence-electron chi connectivity index (χ3n) is 2.77. The second-order valence-corrected chi connectivity index (χ2v) is 7.09. The highest BCUT2D eigenvalue weighted by Gasteiger charge is 2.10. The number of carbonyl (C=O) groups is 1. The Hall–Kier alpha value is -0.400. The molecule has 20 heavy (non-hydrogen) atoms. The van der Waals surface area contributed by atoms with E-state index in [9.17, 15) is 4.79 Å². The molecule has 1 amide bonds. The zero-order chi connectivity index (χ0) is 14.5. The molecule has 0 radical (unpaired) electrons. The molecular formula is C15H12Br2INO. The zero-order valence-electron chi connectivity index (χ0n) is 10.5. The van der Waals surface area contributed by atoms with Gasteiger partial charge < -0.3 is 5.32 Å². The fourth-order valence-corrected chi connectivity index (χ4v) is 3.13. The lowest BCUT2D eigenvalue weighted by Gasteiger charge is -2.08. The highest BCUT2D eigenvalue weighted by atomic mass is 127. The second kappa shape index (κ2) is 7.56. The van der Waals surface area contributed by atoms with Crippen LogP contribution in [0.2, 0.25) is 0 Å². The van der Waals surface area contributed by atoms with Crippen LogP contribution in [0.3, 0.4) is 0 Å². The first-order valence-corrected chi connectivity index (χ1v) is 9.01. The molecule has 0 aromatic heterocycles. The Balaban J connectivity index is 2.13. The lowest BCUT2D eigenvalue weighted by atomic mass is 10.1. The van der Waals surface area contributed by atoms with Crippen molar-refractivity contribution in [1.29, 1.82) is 0 Å². The van der Waals surface area contributed by atoms with Crippen LogP contribution in [0.15, 0.2) is 46.9 Å². The number of anilines is 1. The van der Waals surface area contributed by atoms with Crippen molar-refractivity contribution < 1.29 is 4.79 Å². The van der Waals surface area contributed by atoms with Gasteiger partial charge in [-0.2, -0.15) is 0 Å². The number of rotatable bonds is 4. The highest BCUT2D eigenvalue weighted by Crippen LogP contribution is 2.20. The minimum Gasteiger partial charge on any atom is -0.322 e. The Morgan fingerprint density at radius 1 is 1.15 bits per heavy atom. The van der Waals surface area contributed by atoms with E-state index in [4.69, 9.17) is 0 Å². The largest absolute Gasteiger partial charge is 0.322 e. The lowest BCUT2D eigenvalue weighted by molar-refractivity contribution is 0.102. The van der Waals surface area contributed by atoms with Gasteiger partial charge in [-0.1, -0.05) is 44.0 Å². The summed E-state index contributed by atoms with van der Waals surface area (Å²) in [6, 6.07) is 13.6. The third-order valence-corrected chi connectivity index (χ3v) is 4.60. The lowest BCUT2D eigenvalue weighted by Crippen LogP contribution is -2.13. The van der Waals surface area contributed by atoms with Gasteiger partial charge in [-0.3, -0.25) is 4.79 Å². The van der Waals surface area contributed by atoms with Gasteiger partial charge in [0.15, 0.2) is 0 Å². The van der Waals surface area contributed by atoms with E-state index in [1.54, 1.807) is 0 Å². The minimum absolute atomic E-state index is 0.0936. The molecule has 2 aromatic carbocycles. The summed E-state index contributed by atoms with van der Waals surface area (Å²) in [5.41, 5.74) is 2.73. The van der Waals surface area contributed by atoms with Gasteiger partial charge in [-0.15, -0.1) is 0 Å². The molecule has 0 heterocycles. The number of benzene rings is 2. The summed E-state index contributed by atoms with van der Waals surface area (Å²) in [7, 11) is 0. The fraction of sp³-hybridized carbons (Fsp3) is 0.133. The number of aryl methyl sites for hydroxylation is 1.